The van der Waals surface area contributed by atoms with Crippen LogP contribution in [-0.2, 0) is 12.6 Å². The molecule has 1 aliphatic rings. The fourth-order valence-corrected chi connectivity index (χ4v) is 3.44. The molecule has 7 heteroatoms. The normalized spacial score (nSPS) is 19.0. The summed E-state index contributed by atoms with van der Waals surface area (Å²) in [5.41, 5.74) is -2.91. The Morgan fingerprint density at radius 2 is 1.80 bits per heavy atom. The molecular weight excluding hydrogens is 336 g/mol. The van der Waals surface area contributed by atoms with Crippen LogP contribution in [0.3, 0.4) is 0 Å². The van der Waals surface area contributed by atoms with Crippen molar-refractivity contribution in [3.63, 3.8) is 0 Å². The first-order valence-corrected chi connectivity index (χ1v) is 7.45. The van der Waals surface area contributed by atoms with E-state index < -0.39 is 23.2 Å². The smallest absolute Gasteiger partial charge is 0.372 e. The van der Waals surface area contributed by atoms with Crippen molar-refractivity contribution in [1.29, 1.82) is 0 Å². The molecule has 0 spiro atoms. The van der Waals surface area contributed by atoms with Gasteiger partial charge in [0.1, 0.15) is 5.82 Å². The van der Waals surface area contributed by atoms with Crippen LogP contribution in [-0.4, -0.2) is 21.1 Å². The standard InChI is InChI=1S/C18H12F4N2O/c1-24-9-10(8-23-24)13-6-11(19)7-15-16(13)12-4-2-3-5-14(12)17(15,25)18(20,21)22/h2-9,25H,1H3/t17-/m1/s1. The van der Waals surface area contributed by atoms with Crippen molar-refractivity contribution in [1.82, 2.24) is 9.78 Å². The summed E-state index contributed by atoms with van der Waals surface area (Å²) in [6.07, 6.45) is -1.96. The zero-order valence-electron chi connectivity index (χ0n) is 13.0. The van der Waals surface area contributed by atoms with E-state index >= 15 is 0 Å². The lowest BCUT2D eigenvalue weighted by Crippen LogP contribution is -2.41. The van der Waals surface area contributed by atoms with Crippen molar-refractivity contribution in [2.45, 2.75) is 11.8 Å². The molecular formula is C18H12F4N2O. The second-order valence-electron chi connectivity index (χ2n) is 6.03. The number of benzene rings is 2. The lowest BCUT2D eigenvalue weighted by Gasteiger charge is -2.28. The predicted octanol–water partition coefficient (Wildman–Crippen LogP) is 4.00. The fraction of sp³-hybridized carbons (Fsp3) is 0.167. The summed E-state index contributed by atoms with van der Waals surface area (Å²) in [7, 11) is 1.66. The van der Waals surface area contributed by atoms with Crippen molar-refractivity contribution < 1.29 is 22.7 Å². The molecule has 1 heterocycles. The first-order valence-electron chi connectivity index (χ1n) is 7.45. The summed E-state index contributed by atoms with van der Waals surface area (Å²) in [4.78, 5) is 0. The van der Waals surface area contributed by atoms with Crippen LogP contribution in [0.25, 0.3) is 22.3 Å². The third-order valence-electron chi connectivity index (χ3n) is 4.51. The van der Waals surface area contributed by atoms with E-state index in [1.165, 1.54) is 29.1 Å². The van der Waals surface area contributed by atoms with Gasteiger partial charge in [0, 0.05) is 29.9 Å². The lowest BCUT2D eigenvalue weighted by atomic mass is 9.89. The molecule has 3 aromatic rings. The number of aryl methyl sites for hydroxylation is 1. The molecule has 0 bridgehead atoms. The predicted molar refractivity (Wildman–Crippen MR) is 83.1 cm³/mol. The van der Waals surface area contributed by atoms with Gasteiger partial charge in [-0.1, -0.05) is 24.3 Å². The van der Waals surface area contributed by atoms with E-state index in [0.29, 0.717) is 5.56 Å². The number of rotatable bonds is 1. The molecule has 128 valence electrons. The number of aromatic nitrogens is 2. The SMILES string of the molecule is Cn1cc(-c2cc(F)cc3c2-c2ccccc2[C@]3(O)C(F)(F)F)cn1. The van der Waals surface area contributed by atoms with Gasteiger partial charge in [-0.15, -0.1) is 0 Å². The van der Waals surface area contributed by atoms with Crippen molar-refractivity contribution in [2.75, 3.05) is 0 Å². The van der Waals surface area contributed by atoms with E-state index in [1.807, 2.05) is 0 Å². The summed E-state index contributed by atoms with van der Waals surface area (Å²) in [6.45, 7) is 0. The Kier molecular flexibility index (Phi) is 3.12. The lowest BCUT2D eigenvalue weighted by molar-refractivity contribution is -0.246. The fourth-order valence-electron chi connectivity index (χ4n) is 3.44. The van der Waals surface area contributed by atoms with Crippen LogP contribution >= 0.6 is 0 Å². The van der Waals surface area contributed by atoms with E-state index in [-0.39, 0.29) is 22.3 Å². The molecule has 1 aliphatic carbocycles. The van der Waals surface area contributed by atoms with Gasteiger partial charge in [-0.3, -0.25) is 4.68 Å². The molecule has 1 N–H and O–H groups in total. The van der Waals surface area contributed by atoms with Crippen molar-refractivity contribution in [3.05, 3.63) is 65.7 Å². The van der Waals surface area contributed by atoms with Crippen LogP contribution in [0.5, 0.6) is 0 Å². The first-order chi connectivity index (χ1) is 11.7. The Hall–Kier alpha value is -2.67. The average Bonchev–Trinajstić information content (AvgIpc) is 3.08. The van der Waals surface area contributed by atoms with Gasteiger partial charge in [0.05, 0.1) is 6.20 Å². The van der Waals surface area contributed by atoms with Crippen LogP contribution in [0.4, 0.5) is 17.6 Å². The van der Waals surface area contributed by atoms with Crippen LogP contribution in [0.15, 0.2) is 48.8 Å². The summed E-state index contributed by atoms with van der Waals surface area (Å²) in [6, 6.07) is 7.63. The van der Waals surface area contributed by atoms with Gasteiger partial charge in [-0.2, -0.15) is 18.3 Å². The van der Waals surface area contributed by atoms with Crippen LogP contribution < -0.4 is 0 Å². The van der Waals surface area contributed by atoms with Crippen molar-refractivity contribution >= 4 is 0 Å². The average molecular weight is 348 g/mol. The van der Waals surface area contributed by atoms with Crippen LogP contribution in [0, 0.1) is 5.82 Å². The number of aliphatic hydroxyl groups is 1. The second-order valence-corrected chi connectivity index (χ2v) is 6.03. The van der Waals surface area contributed by atoms with E-state index in [1.54, 1.807) is 19.3 Å². The number of nitrogens with zero attached hydrogens (tertiary/aromatic N) is 2. The number of halogens is 4. The minimum absolute atomic E-state index is 0.171. The summed E-state index contributed by atoms with van der Waals surface area (Å²) >= 11 is 0. The molecule has 0 aliphatic heterocycles. The third-order valence-corrected chi connectivity index (χ3v) is 4.51. The topological polar surface area (TPSA) is 38.0 Å². The molecule has 1 aromatic heterocycles. The molecule has 0 radical (unpaired) electrons. The molecule has 0 saturated carbocycles. The van der Waals surface area contributed by atoms with Gasteiger partial charge in [0.25, 0.3) is 0 Å². The quantitative estimate of drug-likeness (QED) is 0.675. The molecule has 2 aromatic carbocycles. The van der Waals surface area contributed by atoms with Crippen molar-refractivity contribution in [2.24, 2.45) is 7.05 Å². The molecule has 25 heavy (non-hydrogen) atoms. The highest BCUT2D eigenvalue weighted by Gasteiger charge is 2.61. The highest BCUT2D eigenvalue weighted by atomic mass is 19.4. The maximum atomic E-state index is 14.2. The Morgan fingerprint density at radius 3 is 2.44 bits per heavy atom. The number of hydrogen-bond acceptors (Lipinski definition) is 2. The molecule has 0 saturated heterocycles. The van der Waals surface area contributed by atoms with Crippen molar-refractivity contribution in [3.8, 4) is 22.3 Å². The number of fused-ring (bicyclic) bond motifs is 3. The third kappa shape index (κ3) is 2.05. The first kappa shape index (κ1) is 15.8. The van der Waals surface area contributed by atoms with E-state index in [2.05, 4.69) is 5.10 Å². The number of alkyl halides is 3. The Labute approximate surface area is 140 Å². The summed E-state index contributed by atoms with van der Waals surface area (Å²) in [5, 5.41) is 14.6. The summed E-state index contributed by atoms with van der Waals surface area (Å²) < 4.78 is 57.0. The number of hydrogen-bond donors (Lipinski definition) is 1. The minimum Gasteiger partial charge on any atom is -0.372 e. The zero-order chi connectivity index (χ0) is 18.0. The van der Waals surface area contributed by atoms with Gasteiger partial charge in [0.2, 0.25) is 5.60 Å². The zero-order valence-corrected chi connectivity index (χ0v) is 13.0. The highest BCUT2D eigenvalue weighted by molar-refractivity contribution is 5.92. The minimum atomic E-state index is -4.99. The largest absolute Gasteiger partial charge is 0.425 e. The van der Waals surface area contributed by atoms with E-state index in [4.69, 9.17) is 0 Å². The van der Waals surface area contributed by atoms with Gasteiger partial charge in [-0.25, -0.2) is 4.39 Å². The van der Waals surface area contributed by atoms with Gasteiger partial charge in [-0.05, 0) is 28.8 Å². The molecule has 0 amide bonds. The molecule has 0 unspecified atom stereocenters. The second kappa shape index (κ2) is 4.92. The molecule has 0 fully saturated rings. The van der Waals surface area contributed by atoms with E-state index in [9.17, 15) is 22.7 Å². The Balaban J connectivity index is 2.13. The summed E-state index contributed by atoms with van der Waals surface area (Å²) in [5.74, 6) is -0.854. The van der Waals surface area contributed by atoms with Crippen LogP contribution in [0.1, 0.15) is 11.1 Å². The van der Waals surface area contributed by atoms with Gasteiger partial charge < -0.3 is 5.11 Å². The van der Waals surface area contributed by atoms with Gasteiger partial charge in [0.15, 0.2) is 0 Å². The monoisotopic (exact) mass is 348 g/mol. The highest BCUT2D eigenvalue weighted by Crippen LogP contribution is 2.57. The maximum Gasteiger partial charge on any atom is 0.425 e. The molecule has 3 nitrogen and oxygen atoms in total. The molecule has 4 rings (SSSR count). The Morgan fingerprint density at radius 1 is 1.08 bits per heavy atom. The van der Waals surface area contributed by atoms with Crippen LogP contribution in [0.2, 0.25) is 0 Å². The maximum absolute atomic E-state index is 14.2. The Bertz CT molecular complexity index is 993. The molecule has 1 atom stereocenters. The van der Waals surface area contributed by atoms with Gasteiger partial charge >= 0.3 is 6.18 Å². The van der Waals surface area contributed by atoms with E-state index in [0.717, 1.165) is 12.1 Å².